The van der Waals surface area contributed by atoms with Gasteiger partial charge in [0.05, 0.1) is 7.11 Å². The molecule has 108 valence electrons. The van der Waals surface area contributed by atoms with Crippen LogP contribution in [0.4, 0.5) is 0 Å². The van der Waals surface area contributed by atoms with Crippen LogP contribution in [0.1, 0.15) is 26.4 Å². The summed E-state index contributed by atoms with van der Waals surface area (Å²) < 4.78 is 5.01. The molecule has 0 aliphatic heterocycles. The highest BCUT2D eigenvalue weighted by Gasteiger charge is 2.12. The van der Waals surface area contributed by atoms with Crippen LogP contribution in [0, 0.1) is 0 Å². The Bertz CT molecular complexity index is 656. The molecule has 0 unspecified atom stereocenters. The van der Waals surface area contributed by atoms with Crippen molar-refractivity contribution in [3.8, 4) is 5.88 Å². The Kier molecular flexibility index (Phi) is 4.45. The summed E-state index contributed by atoms with van der Waals surface area (Å²) in [4.78, 5) is 30.4. The summed E-state index contributed by atoms with van der Waals surface area (Å²) in [7, 11) is 1.44. The molecule has 0 saturated heterocycles. The molecule has 2 heterocycles. The molecule has 0 aliphatic carbocycles. The average molecular weight is 287 g/mol. The van der Waals surface area contributed by atoms with E-state index in [4.69, 9.17) is 9.84 Å². The number of amides is 1. The number of rotatable bonds is 5. The minimum Gasteiger partial charge on any atom is -0.480 e. The van der Waals surface area contributed by atoms with Gasteiger partial charge in [-0.15, -0.1) is 0 Å². The maximum Gasteiger partial charge on any atom is 0.354 e. The summed E-state index contributed by atoms with van der Waals surface area (Å²) in [6, 6.07) is 6.22. The zero-order valence-electron chi connectivity index (χ0n) is 11.2. The van der Waals surface area contributed by atoms with Crippen molar-refractivity contribution in [2.75, 3.05) is 7.11 Å². The predicted octanol–water partition coefficient (Wildman–Crippen LogP) is 1.11. The molecular weight excluding hydrogens is 274 g/mol. The Morgan fingerprint density at radius 2 is 2.10 bits per heavy atom. The van der Waals surface area contributed by atoms with Gasteiger partial charge in [0.15, 0.2) is 0 Å². The van der Waals surface area contributed by atoms with Gasteiger partial charge < -0.3 is 15.2 Å². The van der Waals surface area contributed by atoms with Crippen molar-refractivity contribution in [3.63, 3.8) is 0 Å². The van der Waals surface area contributed by atoms with Crippen LogP contribution in [0.3, 0.4) is 0 Å². The molecule has 2 rings (SSSR count). The molecule has 2 N–H and O–H groups in total. The molecule has 21 heavy (non-hydrogen) atoms. The number of carbonyl (C=O) groups excluding carboxylic acids is 1. The van der Waals surface area contributed by atoms with E-state index in [1.807, 2.05) is 0 Å². The third-order valence-corrected chi connectivity index (χ3v) is 2.71. The number of aromatic carboxylic acids is 1. The Balaban J connectivity index is 2.02. The minimum atomic E-state index is -1.09. The second-order valence-electron chi connectivity index (χ2n) is 4.10. The lowest BCUT2D eigenvalue weighted by molar-refractivity contribution is 0.0690. The van der Waals surface area contributed by atoms with E-state index in [0.717, 1.165) is 0 Å². The largest absolute Gasteiger partial charge is 0.480 e. The van der Waals surface area contributed by atoms with Gasteiger partial charge in [0.2, 0.25) is 5.88 Å². The third kappa shape index (κ3) is 3.53. The summed E-state index contributed by atoms with van der Waals surface area (Å²) in [6.07, 6.45) is 2.94. The highest BCUT2D eigenvalue weighted by molar-refractivity contribution is 5.96. The van der Waals surface area contributed by atoms with Crippen molar-refractivity contribution in [1.29, 1.82) is 0 Å². The van der Waals surface area contributed by atoms with Crippen molar-refractivity contribution in [2.45, 2.75) is 6.54 Å². The van der Waals surface area contributed by atoms with Crippen LogP contribution >= 0.6 is 0 Å². The first-order valence-electron chi connectivity index (χ1n) is 6.07. The van der Waals surface area contributed by atoms with Crippen LogP contribution in [-0.2, 0) is 6.54 Å². The summed E-state index contributed by atoms with van der Waals surface area (Å²) in [5.41, 5.74) is 0.977. The van der Waals surface area contributed by atoms with E-state index in [2.05, 4.69) is 15.3 Å². The number of hydrogen-bond acceptors (Lipinski definition) is 5. The molecule has 0 spiro atoms. The summed E-state index contributed by atoms with van der Waals surface area (Å²) in [5, 5.41) is 11.4. The highest BCUT2D eigenvalue weighted by Crippen LogP contribution is 2.13. The molecule has 2 aromatic rings. The quantitative estimate of drug-likeness (QED) is 0.854. The van der Waals surface area contributed by atoms with Gasteiger partial charge in [-0.2, -0.15) is 0 Å². The lowest BCUT2D eigenvalue weighted by atomic mass is 10.2. The van der Waals surface area contributed by atoms with Crippen LogP contribution in [-0.4, -0.2) is 34.1 Å². The fraction of sp³-hybridized carbons (Fsp3) is 0.143. The van der Waals surface area contributed by atoms with E-state index < -0.39 is 5.97 Å². The molecule has 0 bridgehead atoms. The molecule has 0 radical (unpaired) electrons. The molecule has 0 aromatic carbocycles. The van der Waals surface area contributed by atoms with E-state index in [0.29, 0.717) is 11.1 Å². The van der Waals surface area contributed by atoms with Gasteiger partial charge in [-0.05, 0) is 23.8 Å². The lowest BCUT2D eigenvalue weighted by Gasteiger charge is -2.08. The standard InChI is InChI=1S/C14H13N3O4/c1-21-13-10(3-2-6-15-13)12(18)17-8-9-4-5-11(14(19)20)16-7-9/h2-7H,8H2,1H3,(H,17,18)(H,19,20). The van der Waals surface area contributed by atoms with Crippen molar-refractivity contribution < 1.29 is 19.4 Å². The van der Waals surface area contributed by atoms with Crippen LogP contribution < -0.4 is 10.1 Å². The topological polar surface area (TPSA) is 101 Å². The SMILES string of the molecule is COc1ncccc1C(=O)NCc1ccc(C(=O)O)nc1. The van der Waals surface area contributed by atoms with Crippen molar-refractivity contribution in [1.82, 2.24) is 15.3 Å². The summed E-state index contributed by atoms with van der Waals surface area (Å²) in [6.45, 7) is 0.226. The molecule has 7 nitrogen and oxygen atoms in total. The molecule has 0 atom stereocenters. The molecule has 0 fully saturated rings. The molecule has 1 amide bonds. The van der Waals surface area contributed by atoms with E-state index in [9.17, 15) is 9.59 Å². The second kappa shape index (κ2) is 6.47. The van der Waals surface area contributed by atoms with Crippen molar-refractivity contribution >= 4 is 11.9 Å². The van der Waals surface area contributed by atoms with Crippen LogP contribution in [0.5, 0.6) is 5.88 Å². The predicted molar refractivity (Wildman–Crippen MR) is 73.2 cm³/mol. The Hall–Kier alpha value is -2.96. The van der Waals surface area contributed by atoms with Crippen LogP contribution in [0.25, 0.3) is 0 Å². The summed E-state index contributed by atoms with van der Waals surface area (Å²) in [5.74, 6) is -1.18. The summed E-state index contributed by atoms with van der Waals surface area (Å²) >= 11 is 0. The Morgan fingerprint density at radius 1 is 1.29 bits per heavy atom. The smallest absolute Gasteiger partial charge is 0.354 e. The van der Waals surface area contributed by atoms with Gasteiger partial charge >= 0.3 is 5.97 Å². The monoisotopic (exact) mass is 287 g/mol. The molecule has 0 saturated carbocycles. The van der Waals surface area contributed by atoms with Gasteiger partial charge in [-0.3, -0.25) is 4.79 Å². The number of nitrogens with one attached hydrogen (secondary N) is 1. The number of ether oxygens (including phenoxy) is 1. The van der Waals surface area contributed by atoms with E-state index >= 15 is 0 Å². The molecule has 7 heteroatoms. The number of hydrogen-bond donors (Lipinski definition) is 2. The fourth-order valence-electron chi connectivity index (χ4n) is 1.66. The maximum atomic E-state index is 12.0. The number of nitrogens with zero attached hydrogens (tertiary/aromatic N) is 2. The number of carbonyl (C=O) groups is 2. The zero-order valence-corrected chi connectivity index (χ0v) is 11.2. The number of methoxy groups -OCH3 is 1. The first-order chi connectivity index (χ1) is 10.1. The second-order valence-corrected chi connectivity index (χ2v) is 4.10. The first-order valence-corrected chi connectivity index (χ1v) is 6.07. The zero-order chi connectivity index (χ0) is 15.2. The third-order valence-electron chi connectivity index (χ3n) is 2.71. The van der Waals surface area contributed by atoms with Crippen LogP contribution in [0.2, 0.25) is 0 Å². The highest BCUT2D eigenvalue weighted by atomic mass is 16.5. The Labute approximate surface area is 120 Å². The van der Waals surface area contributed by atoms with Crippen molar-refractivity contribution in [2.24, 2.45) is 0 Å². The first kappa shape index (κ1) is 14.4. The van der Waals surface area contributed by atoms with E-state index in [1.54, 1.807) is 18.2 Å². The van der Waals surface area contributed by atoms with Gasteiger partial charge in [-0.25, -0.2) is 14.8 Å². The number of carboxylic acid groups (broad SMARTS) is 1. The Morgan fingerprint density at radius 3 is 2.71 bits per heavy atom. The van der Waals surface area contributed by atoms with Gasteiger partial charge in [0.25, 0.3) is 5.91 Å². The van der Waals surface area contributed by atoms with Crippen molar-refractivity contribution in [3.05, 3.63) is 53.5 Å². The molecule has 2 aromatic heterocycles. The number of aromatic nitrogens is 2. The molecular formula is C14H13N3O4. The normalized spacial score (nSPS) is 9.95. The van der Waals surface area contributed by atoms with E-state index in [-0.39, 0.29) is 24.0 Å². The fourth-order valence-corrected chi connectivity index (χ4v) is 1.66. The van der Waals surface area contributed by atoms with Gasteiger partial charge in [0, 0.05) is 18.9 Å². The average Bonchev–Trinajstić information content (AvgIpc) is 2.52. The number of carboxylic acids is 1. The van der Waals surface area contributed by atoms with Gasteiger partial charge in [0.1, 0.15) is 11.3 Å². The van der Waals surface area contributed by atoms with E-state index in [1.165, 1.54) is 25.6 Å². The van der Waals surface area contributed by atoms with Gasteiger partial charge in [-0.1, -0.05) is 6.07 Å². The number of pyridine rings is 2. The lowest BCUT2D eigenvalue weighted by Crippen LogP contribution is -2.23. The maximum absolute atomic E-state index is 12.0. The molecule has 0 aliphatic rings. The van der Waals surface area contributed by atoms with Crippen LogP contribution in [0.15, 0.2) is 36.7 Å². The minimum absolute atomic E-state index is 0.0426.